The molecule has 0 bridgehead atoms. The molecule has 0 aromatic rings. The van der Waals surface area contributed by atoms with Crippen molar-refractivity contribution in [3.8, 4) is 6.07 Å². The zero-order chi connectivity index (χ0) is 15.8. The van der Waals surface area contributed by atoms with Crippen LogP contribution in [0.15, 0.2) is 12.7 Å². The van der Waals surface area contributed by atoms with Gasteiger partial charge >= 0.3 is 5.97 Å². The molecule has 1 fully saturated rings. The Balaban J connectivity index is 2.50. The van der Waals surface area contributed by atoms with E-state index in [1.54, 1.807) is 24.1 Å². The lowest BCUT2D eigenvalue weighted by atomic mass is 10.2. The Hall–Kier alpha value is -1.91. The quantitative estimate of drug-likeness (QED) is 0.381. The van der Waals surface area contributed by atoms with Gasteiger partial charge in [-0.25, -0.2) is 0 Å². The number of ether oxygens (including phenoxy) is 1. The van der Waals surface area contributed by atoms with Crippen LogP contribution in [0.1, 0.15) is 19.3 Å². The molecule has 7 nitrogen and oxygen atoms in total. The number of aliphatic hydroxyl groups is 1. The van der Waals surface area contributed by atoms with Crippen LogP contribution in [-0.4, -0.2) is 65.8 Å². The fraction of sp³-hybridized carbons (Fsp3) is 0.643. The highest BCUT2D eigenvalue weighted by atomic mass is 16.5. The third-order valence-electron chi connectivity index (χ3n) is 3.48. The van der Waals surface area contributed by atoms with E-state index in [-0.39, 0.29) is 19.1 Å². The molecule has 0 spiro atoms. The fourth-order valence-corrected chi connectivity index (χ4v) is 2.25. The van der Waals surface area contributed by atoms with Gasteiger partial charge in [0.25, 0.3) is 0 Å². The predicted molar refractivity (Wildman–Crippen MR) is 74.8 cm³/mol. The van der Waals surface area contributed by atoms with Crippen molar-refractivity contribution in [2.75, 3.05) is 26.7 Å². The second-order valence-electron chi connectivity index (χ2n) is 4.90. The molecular weight excluding hydrogens is 274 g/mol. The molecule has 21 heavy (non-hydrogen) atoms. The summed E-state index contributed by atoms with van der Waals surface area (Å²) in [6.07, 6.45) is 2.71. The van der Waals surface area contributed by atoms with Crippen molar-refractivity contribution < 1.29 is 19.4 Å². The molecule has 0 radical (unpaired) electrons. The van der Waals surface area contributed by atoms with Crippen LogP contribution in [0.25, 0.3) is 0 Å². The zero-order valence-electron chi connectivity index (χ0n) is 12.2. The summed E-state index contributed by atoms with van der Waals surface area (Å²) in [5.74, 6) is -0.801. The molecule has 1 aliphatic heterocycles. The number of esters is 1. The van der Waals surface area contributed by atoms with Gasteiger partial charge in [0.15, 0.2) is 6.61 Å². The van der Waals surface area contributed by atoms with Gasteiger partial charge in [-0.05, 0) is 26.3 Å². The SMILES string of the molecule is C=CCCC(O)N(C)[C@H]1CCN(CC(=O)OCC#N)C1=O. The minimum Gasteiger partial charge on any atom is -0.449 e. The van der Waals surface area contributed by atoms with E-state index in [1.807, 2.05) is 0 Å². The van der Waals surface area contributed by atoms with Crippen LogP contribution >= 0.6 is 0 Å². The predicted octanol–water partition coefficient (Wildman–Crippen LogP) is -0.130. The number of rotatable bonds is 8. The maximum Gasteiger partial charge on any atom is 0.326 e. The highest BCUT2D eigenvalue weighted by Gasteiger charge is 2.37. The van der Waals surface area contributed by atoms with Gasteiger partial charge in [-0.3, -0.25) is 14.5 Å². The van der Waals surface area contributed by atoms with E-state index in [2.05, 4.69) is 11.3 Å². The van der Waals surface area contributed by atoms with Gasteiger partial charge in [-0.15, -0.1) is 6.58 Å². The topological polar surface area (TPSA) is 93.9 Å². The summed E-state index contributed by atoms with van der Waals surface area (Å²) in [6.45, 7) is 3.55. The highest BCUT2D eigenvalue weighted by Crippen LogP contribution is 2.19. The van der Waals surface area contributed by atoms with E-state index in [9.17, 15) is 14.7 Å². The van der Waals surface area contributed by atoms with Crippen molar-refractivity contribution in [2.45, 2.75) is 31.5 Å². The number of nitrogens with zero attached hydrogens (tertiary/aromatic N) is 3. The third-order valence-corrected chi connectivity index (χ3v) is 3.48. The molecular formula is C14H21N3O4. The molecule has 116 valence electrons. The fourth-order valence-electron chi connectivity index (χ4n) is 2.25. The molecule has 1 N–H and O–H groups in total. The summed E-state index contributed by atoms with van der Waals surface area (Å²) in [5.41, 5.74) is 0. The Kier molecular flexibility index (Phi) is 6.85. The normalized spacial score (nSPS) is 19.4. The Morgan fingerprint density at radius 2 is 2.48 bits per heavy atom. The maximum absolute atomic E-state index is 12.2. The van der Waals surface area contributed by atoms with Crippen LogP contribution in [0.5, 0.6) is 0 Å². The van der Waals surface area contributed by atoms with Gasteiger partial charge in [-0.2, -0.15) is 5.26 Å². The van der Waals surface area contributed by atoms with E-state index in [0.29, 0.717) is 25.8 Å². The Bertz CT molecular complexity index is 432. The summed E-state index contributed by atoms with van der Waals surface area (Å²) < 4.78 is 4.63. The summed E-state index contributed by atoms with van der Waals surface area (Å²) in [4.78, 5) is 26.6. The van der Waals surface area contributed by atoms with Gasteiger partial charge in [0, 0.05) is 6.54 Å². The van der Waals surface area contributed by atoms with E-state index in [1.165, 1.54) is 4.90 Å². The zero-order valence-corrected chi connectivity index (χ0v) is 12.2. The number of amides is 1. The second-order valence-corrected chi connectivity index (χ2v) is 4.90. The lowest BCUT2D eigenvalue weighted by molar-refractivity contribution is -0.148. The summed E-state index contributed by atoms with van der Waals surface area (Å²) in [7, 11) is 1.69. The second kappa shape index (κ2) is 8.39. The first-order valence-corrected chi connectivity index (χ1v) is 6.83. The van der Waals surface area contributed by atoms with Gasteiger partial charge < -0.3 is 14.7 Å². The first-order chi connectivity index (χ1) is 10.0. The Labute approximate surface area is 124 Å². The average Bonchev–Trinajstić information content (AvgIpc) is 2.83. The van der Waals surface area contributed by atoms with Crippen LogP contribution in [0.3, 0.4) is 0 Å². The molecule has 0 aromatic heterocycles. The molecule has 1 rings (SSSR count). The van der Waals surface area contributed by atoms with Crippen molar-refractivity contribution >= 4 is 11.9 Å². The van der Waals surface area contributed by atoms with Crippen LogP contribution in [0, 0.1) is 11.3 Å². The lowest BCUT2D eigenvalue weighted by Crippen LogP contribution is -2.45. The Morgan fingerprint density at radius 1 is 1.76 bits per heavy atom. The monoisotopic (exact) mass is 295 g/mol. The summed E-state index contributed by atoms with van der Waals surface area (Å²) >= 11 is 0. The number of carbonyl (C=O) groups is 2. The maximum atomic E-state index is 12.2. The molecule has 0 aliphatic carbocycles. The largest absolute Gasteiger partial charge is 0.449 e. The molecule has 1 saturated heterocycles. The van der Waals surface area contributed by atoms with E-state index in [4.69, 9.17) is 5.26 Å². The van der Waals surface area contributed by atoms with E-state index >= 15 is 0 Å². The number of carbonyl (C=O) groups excluding carboxylic acids is 2. The van der Waals surface area contributed by atoms with Crippen molar-refractivity contribution in [3.63, 3.8) is 0 Å². The molecule has 2 atom stereocenters. The van der Waals surface area contributed by atoms with Gasteiger partial charge in [0.1, 0.15) is 18.8 Å². The van der Waals surface area contributed by atoms with Crippen LogP contribution in [-0.2, 0) is 14.3 Å². The molecule has 1 aliphatic rings. The molecule has 1 unspecified atom stereocenters. The molecule has 1 amide bonds. The van der Waals surface area contributed by atoms with Gasteiger partial charge in [-0.1, -0.05) is 6.08 Å². The number of likely N-dealkylation sites (tertiary alicyclic amines) is 1. The van der Waals surface area contributed by atoms with Gasteiger partial charge in [0.2, 0.25) is 5.91 Å². The smallest absolute Gasteiger partial charge is 0.326 e. The number of aliphatic hydroxyl groups excluding tert-OH is 1. The Morgan fingerprint density at radius 3 is 3.10 bits per heavy atom. The standard InChI is InChI=1S/C14H21N3O4/c1-3-4-5-12(18)16(2)11-6-8-17(14(11)20)10-13(19)21-9-7-15/h3,11-12,18H,1,4-6,8-10H2,2H3/t11-,12?/m0/s1. The van der Waals surface area contributed by atoms with Crippen molar-refractivity contribution in [1.82, 2.24) is 9.80 Å². The van der Waals surface area contributed by atoms with Crippen LogP contribution < -0.4 is 0 Å². The first-order valence-electron chi connectivity index (χ1n) is 6.83. The van der Waals surface area contributed by atoms with Crippen LogP contribution in [0.2, 0.25) is 0 Å². The van der Waals surface area contributed by atoms with Crippen molar-refractivity contribution in [2.24, 2.45) is 0 Å². The molecule has 0 aromatic carbocycles. The summed E-state index contributed by atoms with van der Waals surface area (Å²) in [5, 5.41) is 18.3. The highest BCUT2D eigenvalue weighted by molar-refractivity contribution is 5.87. The van der Waals surface area contributed by atoms with Crippen molar-refractivity contribution in [1.29, 1.82) is 5.26 Å². The van der Waals surface area contributed by atoms with Gasteiger partial charge in [0.05, 0.1) is 6.04 Å². The minimum atomic E-state index is -0.720. The van der Waals surface area contributed by atoms with Crippen LogP contribution in [0.4, 0.5) is 0 Å². The van der Waals surface area contributed by atoms with E-state index in [0.717, 1.165) is 0 Å². The summed E-state index contributed by atoms with van der Waals surface area (Å²) in [6, 6.07) is 1.26. The first kappa shape index (κ1) is 17.1. The number of hydrogen-bond donors (Lipinski definition) is 1. The lowest BCUT2D eigenvalue weighted by Gasteiger charge is -2.28. The number of allylic oxidation sites excluding steroid dienone is 1. The minimum absolute atomic E-state index is 0.159. The number of nitriles is 1. The van der Waals surface area contributed by atoms with Crippen molar-refractivity contribution in [3.05, 3.63) is 12.7 Å². The average molecular weight is 295 g/mol. The number of likely N-dealkylation sites (N-methyl/N-ethyl adjacent to an activating group) is 1. The molecule has 1 heterocycles. The third kappa shape index (κ3) is 4.85. The molecule has 7 heteroatoms. The number of hydrogen-bond acceptors (Lipinski definition) is 6. The van der Waals surface area contributed by atoms with E-state index < -0.39 is 18.2 Å². The molecule has 0 saturated carbocycles.